The fourth-order valence-electron chi connectivity index (χ4n) is 2.43. The van der Waals surface area contributed by atoms with Gasteiger partial charge in [0.05, 0.1) is 12.5 Å². The first-order valence-electron chi connectivity index (χ1n) is 7.32. The zero-order valence-corrected chi connectivity index (χ0v) is 13.7. The fourth-order valence-corrected chi connectivity index (χ4v) is 2.87. The van der Waals surface area contributed by atoms with Gasteiger partial charge in [-0.3, -0.25) is 0 Å². The third-order valence-corrected chi connectivity index (χ3v) is 4.16. The number of benzene rings is 2. The molecule has 6 heteroatoms. The highest BCUT2D eigenvalue weighted by atomic mass is 32.1. The van der Waals surface area contributed by atoms with E-state index in [1.807, 2.05) is 54.6 Å². The molecule has 4 aromatic rings. The SMILES string of the molecule is COc1ccc2oc(-c3ccccc3)cc(=Nc3nncs3)c2c1. The molecule has 0 saturated heterocycles. The predicted molar refractivity (Wildman–Crippen MR) is 93.3 cm³/mol. The Hall–Kier alpha value is -2.99. The van der Waals surface area contributed by atoms with E-state index in [1.54, 1.807) is 12.6 Å². The summed E-state index contributed by atoms with van der Waals surface area (Å²) in [5.74, 6) is 1.50. The van der Waals surface area contributed by atoms with Crippen LogP contribution in [0.3, 0.4) is 0 Å². The first-order chi connectivity index (χ1) is 11.8. The van der Waals surface area contributed by atoms with Gasteiger partial charge >= 0.3 is 0 Å². The van der Waals surface area contributed by atoms with Gasteiger partial charge in [-0.05, 0) is 18.2 Å². The lowest BCUT2D eigenvalue weighted by molar-refractivity contribution is 0.415. The van der Waals surface area contributed by atoms with Gasteiger partial charge in [0.25, 0.3) is 0 Å². The Morgan fingerprint density at radius 1 is 1.08 bits per heavy atom. The average molecular weight is 335 g/mol. The van der Waals surface area contributed by atoms with E-state index in [2.05, 4.69) is 15.2 Å². The van der Waals surface area contributed by atoms with E-state index < -0.39 is 0 Å². The number of hydrogen-bond acceptors (Lipinski definition) is 6. The smallest absolute Gasteiger partial charge is 0.231 e. The molecule has 0 aliphatic rings. The normalized spacial score (nSPS) is 11.8. The van der Waals surface area contributed by atoms with Gasteiger partial charge in [-0.1, -0.05) is 41.7 Å². The third-order valence-electron chi connectivity index (χ3n) is 3.57. The molecule has 0 aliphatic heterocycles. The molecule has 118 valence electrons. The van der Waals surface area contributed by atoms with E-state index >= 15 is 0 Å². The lowest BCUT2D eigenvalue weighted by Crippen LogP contribution is -2.03. The molecule has 5 nitrogen and oxygen atoms in total. The second-order valence-corrected chi connectivity index (χ2v) is 5.87. The van der Waals surface area contributed by atoms with E-state index in [9.17, 15) is 0 Å². The summed E-state index contributed by atoms with van der Waals surface area (Å²) in [5, 5.41) is 10.1. The molecule has 0 atom stereocenters. The number of aromatic nitrogens is 2. The molecule has 4 rings (SSSR count). The van der Waals surface area contributed by atoms with E-state index in [-0.39, 0.29) is 0 Å². The molecule has 0 aliphatic carbocycles. The van der Waals surface area contributed by atoms with Crippen molar-refractivity contribution in [2.24, 2.45) is 4.99 Å². The maximum absolute atomic E-state index is 6.06. The number of hydrogen-bond donors (Lipinski definition) is 0. The summed E-state index contributed by atoms with van der Waals surface area (Å²) in [4.78, 5) is 4.62. The summed E-state index contributed by atoms with van der Waals surface area (Å²) < 4.78 is 11.4. The fraction of sp³-hybridized carbons (Fsp3) is 0.0556. The van der Waals surface area contributed by atoms with Crippen molar-refractivity contribution in [2.45, 2.75) is 0 Å². The minimum Gasteiger partial charge on any atom is -0.497 e. The van der Waals surface area contributed by atoms with E-state index in [0.717, 1.165) is 33.4 Å². The number of rotatable bonds is 3. The monoisotopic (exact) mass is 335 g/mol. The van der Waals surface area contributed by atoms with Crippen LogP contribution in [-0.4, -0.2) is 17.3 Å². The van der Waals surface area contributed by atoms with E-state index in [0.29, 0.717) is 5.13 Å². The van der Waals surface area contributed by atoms with Gasteiger partial charge < -0.3 is 9.15 Å². The van der Waals surface area contributed by atoms with Crippen LogP contribution in [-0.2, 0) is 0 Å². The van der Waals surface area contributed by atoms with Crippen molar-refractivity contribution in [2.75, 3.05) is 7.11 Å². The van der Waals surface area contributed by atoms with Crippen molar-refractivity contribution >= 4 is 27.4 Å². The highest BCUT2D eigenvalue weighted by molar-refractivity contribution is 7.13. The van der Waals surface area contributed by atoms with Crippen molar-refractivity contribution < 1.29 is 9.15 Å². The molecular formula is C18H13N3O2S. The van der Waals surface area contributed by atoms with E-state index in [1.165, 1.54) is 11.3 Å². The van der Waals surface area contributed by atoms with E-state index in [4.69, 9.17) is 9.15 Å². The lowest BCUT2D eigenvalue weighted by atomic mass is 10.1. The maximum Gasteiger partial charge on any atom is 0.231 e. The Balaban J connectivity index is 2.02. The summed E-state index contributed by atoms with van der Waals surface area (Å²) >= 11 is 1.39. The highest BCUT2D eigenvalue weighted by Gasteiger charge is 2.08. The van der Waals surface area contributed by atoms with Crippen LogP contribution < -0.4 is 10.1 Å². The Labute approximate surface area is 141 Å². The molecule has 0 unspecified atom stereocenters. The molecule has 24 heavy (non-hydrogen) atoms. The Kier molecular flexibility index (Phi) is 3.80. The minimum absolute atomic E-state index is 0.601. The number of nitrogens with zero attached hydrogens (tertiary/aromatic N) is 3. The quantitative estimate of drug-likeness (QED) is 0.563. The molecule has 0 bridgehead atoms. The van der Waals surface area contributed by atoms with Crippen LogP contribution in [0.1, 0.15) is 0 Å². The van der Waals surface area contributed by atoms with Crippen molar-refractivity contribution in [3.63, 3.8) is 0 Å². The molecule has 0 N–H and O–H groups in total. The molecule has 0 radical (unpaired) electrons. The van der Waals surface area contributed by atoms with Crippen molar-refractivity contribution in [1.29, 1.82) is 0 Å². The van der Waals surface area contributed by atoms with Crippen LogP contribution in [0, 0.1) is 0 Å². The number of ether oxygens (including phenoxy) is 1. The Morgan fingerprint density at radius 3 is 2.71 bits per heavy atom. The summed E-state index contributed by atoms with van der Waals surface area (Å²) in [7, 11) is 1.64. The van der Waals surface area contributed by atoms with Gasteiger partial charge in [-0.15, -0.1) is 10.2 Å². The second-order valence-electron chi connectivity index (χ2n) is 5.06. The minimum atomic E-state index is 0.601. The standard InChI is InChI=1S/C18H13N3O2S/c1-22-13-7-8-16-14(9-13)15(20-18-21-19-11-24-18)10-17(23-16)12-5-3-2-4-6-12/h2-11H,1H3. The van der Waals surface area contributed by atoms with Crippen LogP contribution in [0.15, 0.2) is 69.5 Å². The topological polar surface area (TPSA) is 60.5 Å². The zero-order chi connectivity index (χ0) is 16.4. The van der Waals surface area contributed by atoms with Crippen LogP contribution >= 0.6 is 11.3 Å². The summed E-state index contributed by atoms with van der Waals surface area (Å²) in [6, 6.07) is 17.5. The molecule has 0 spiro atoms. The summed E-state index contributed by atoms with van der Waals surface area (Å²) in [6.45, 7) is 0. The molecule has 2 heterocycles. The first-order valence-corrected chi connectivity index (χ1v) is 8.20. The maximum atomic E-state index is 6.06. The van der Waals surface area contributed by atoms with Gasteiger partial charge in [0.2, 0.25) is 5.13 Å². The van der Waals surface area contributed by atoms with Gasteiger partial charge in [0.15, 0.2) is 0 Å². The summed E-state index contributed by atoms with van der Waals surface area (Å²) in [5.41, 5.74) is 3.39. The van der Waals surface area contributed by atoms with Gasteiger partial charge in [-0.25, -0.2) is 4.99 Å². The van der Waals surface area contributed by atoms with Crippen LogP contribution in [0.25, 0.3) is 22.3 Å². The second kappa shape index (κ2) is 6.25. The molecule has 2 aromatic carbocycles. The Bertz CT molecular complexity index is 1040. The lowest BCUT2D eigenvalue weighted by Gasteiger charge is -2.06. The largest absolute Gasteiger partial charge is 0.497 e. The van der Waals surface area contributed by atoms with Gasteiger partial charge in [0, 0.05) is 17.0 Å². The Morgan fingerprint density at radius 2 is 1.96 bits per heavy atom. The van der Waals surface area contributed by atoms with Crippen LogP contribution in [0.5, 0.6) is 5.75 Å². The van der Waals surface area contributed by atoms with Crippen molar-refractivity contribution in [3.05, 3.63) is 65.5 Å². The zero-order valence-electron chi connectivity index (χ0n) is 12.8. The number of fused-ring (bicyclic) bond motifs is 1. The van der Waals surface area contributed by atoms with Crippen LogP contribution in [0.4, 0.5) is 5.13 Å². The summed E-state index contributed by atoms with van der Waals surface area (Å²) in [6.07, 6.45) is 0. The highest BCUT2D eigenvalue weighted by Crippen LogP contribution is 2.25. The van der Waals surface area contributed by atoms with Crippen LogP contribution in [0.2, 0.25) is 0 Å². The van der Waals surface area contributed by atoms with Crippen molar-refractivity contribution in [3.8, 4) is 17.1 Å². The molecule has 0 amide bonds. The molecule has 2 aromatic heterocycles. The molecule has 0 fully saturated rings. The predicted octanol–water partition coefficient (Wildman–Crippen LogP) is 4.19. The molecule has 0 saturated carbocycles. The van der Waals surface area contributed by atoms with Gasteiger partial charge in [0.1, 0.15) is 22.6 Å². The number of methoxy groups -OCH3 is 1. The molecular weight excluding hydrogens is 322 g/mol. The van der Waals surface area contributed by atoms with Gasteiger partial charge in [-0.2, -0.15) is 0 Å². The average Bonchev–Trinajstić information content (AvgIpc) is 3.15. The first kappa shape index (κ1) is 14.6. The third kappa shape index (κ3) is 2.79. The van der Waals surface area contributed by atoms with Crippen molar-refractivity contribution in [1.82, 2.24) is 10.2 Å².